The molecular weight excluding hydrogens is 336 g/mol. The highest BCUT2D eigenvalue weighted by Crippen LogP contribution is 2.53. The first-order chi connectivity index (χ1) is 10.9. The number of aliphatic hydroxyl groups is 2. The van der Waals surface area contributed by atoms with E-state index in [1.54, 1.807) is 36.6 Å². The second kappa shape index (κ2) is 5.54. The zero-order chi connectivity index (χ0) is 17.0. The van der Waals surface area contributed by atoms with Crippen LogP contribution < -0.4 is 0 Å². The minimum Gasteiger partial charge on any atom is -0.392 e. The first-order valence-electron chi connectivity index (χ1n) is 7.29. The summed E-state index contributed by atoms with van der Waals surface area (Å²) in [6.07, 6.45) is 8.03. The van der Waals surface area contributed by atoms with Crippen molar-refractivity contribution in [1.82, 2.24) is 9.80 Å². The van der Waals surface area contributed by atoms with Gasteiger partial charge in [0.15, 0.2) is 9.74 Å². The third kappa shape index (κ3) is 1.86. The number of nitrogens with zero attached hydrogens (tertiary/aromatic N) is 2. The summed E-state index contributed by atoms with van der Waals surface area (Å²) in [5.74, 6) is -0.805. The first-order valence-corrected chi connectivity index (χ1v) is 9.74. The van der Waals surface area contributed by atoms with Gasteiger partial charge in [0.2, 0.25) is 0 Å². The fourth-order valence-corrected chi connectivity index (χ4v) is 5.67. The average molecular weight is 356 g/mol. The van der Waals surface area contributed by atoms with Gasteiger partial charge in [-0.1, -0.05) is 18.2 Å². The number of allylic oxidation sites excluding steroid dienone is 2. The van der Waals surface area contributed by atoms with Gasteiger partial charge in [0, 0.05) is 19.5 Å². The van der Waals surface area contributed by atoms with Gasteiger partial charge in [0.25, 0.3) is 11.8 Å². The molecule has 23 heavy (non-hydrogen) atoms. The van der Waals surface area contributed by atoms with Crippen LogP contribution in [0.4, 0.5) is 0 Å². The molecule has 2 saturated heterocycles. The Kier molecular flexibility index (Phi) is 4.07. The number of aliphatic hydroxyl groups excluding tert-OH is 2. The van der Waals surface area contributed by atoms with E-state index in [1.807, 2.05) is 6.08 Å². The summed E-state index contributed by atoms with van der Waals surface area (Å²) in [4.78, 5) is 26.9. The molecule has 0 aromatic carbocycles. The van der Waals surface area contributed by atoms with Crippen molar-refractivity contribution >= 4 is 35.3 Å². The fraction of sp³-hybridized carbons (Fsp3) is 0.600. The van der Waals surface area contributed by atoms with Crippen LogP contribution in [-0.4, -0.2) is 80.4 Å². The molecular formula is C15H20N2O4S2. The van der Waals surface area contributed by atoms with Crippen molar-refractivity contribution in [3.05, 3.63) is 23.8 Å². The number of carbonyl (C=O) groups excluding carboxylic acids is 2. The van der Waals surface area contributed by atoms with Crippen molar-refractivity contribution in [2.24, 2.45) is 5.92 Å². The van der Waals surface area contributed by atoms with Gasteiger partial charge < -0.3 is 20.0 Å². The smallest absolute Gasteiger partial charge is 0.264 e. The largest absolute Gasteiger partial charge is 0.392 e. The molecule has 0 saturated carbocycles. The number of piperazine rings is 1. The number of likely N-dealkylation sites (N-methyl/N-ethyl adjacent to an activating group) is 1. The van der Waals surface area contributed by atoms with E-state index in [-0.39, 0.29) is 24.3 Å². The predicted molar refractivity (Wildman–Crippen MR) is 90.8 cm³/mol. The Balaban J connectivity index is 2.18. The number of carbonyl (C=O) groups is 2. The van der Waals surface area contributed by atoms with Crippen molar-refractivity contribution in [1.29, 1.82) is 0 Å². The van der Waals surface area contributed by atoms with E-state index in [2.05, 4.69) is 0 Å². The molecule has 2 heterocycles. The summed E-state index contributed by atoms with van der Waals surface area (Å²) in [7, 11) is 1.56. The van der Waals surface area contributed by atoms with Crippen LogP contribution >= 0.6 is 23.5 Å². The number of fused-ring (bicyclic) bond motifs is 3. The van der Waals surface area contributed by atoms with Gasteiger partial charge >= 0.3 is 0 Å². The van der Waals surface area contributed by atoms with E-state index < -0.39 is 22.5 Å². The van der Waals surface area contributed by atoms with Crippen LogP contribution in [0.1, 0.15) is 0 Å². The molecule has 0 aromatic heterocycles. The minimum atomic E-state index is -1.30. The minimum absolute atomic E-state index is 0.232. The highest BCUT2D eigenvalue weighted by molar-refractivity contribution is 8.01. The maximum atomic E-state index is 13.2. The van der Waals surface area contributed by atoms with Gasteiger partial charge in [0.05, 0.1) is 12.7 Å². The van der Waals surface area contributed by atoms with Crippen molar-refractivity contribution in [3.8, 4) is 0 Å². The average Bonchev–Trinajstić information content (AvgIpc) is 2.91. The van der Waals surface area contributed by atoms with E-state index in [0.29, 0.717) is 0 Å². The number of hydrogen-bond donors (Lipinski definition) is 2. The Hall–Kier alpha value is -0.960. The molecule has 0 bridgehead atoms. The van der Waals surface area contributed by atoms with Crippen LogP contribution in [0.2, 0.25) is 0 Å². The van der Waals surface area contributed by atoms with Crippen molar-refractivity contribution < 1.29 is 19.8 Å². The molecule has 4 atom stereocenters. The lowest BCUT2D eigenvalue weighted by atomic mass is 9.87. The van der Waals surface area contributed by atoms with Crippen LogP contribution in [0, 0.1) is 5.92 Å². The van der Waals surface area contributed by atoms with Gasteiger partial charge in [-0.3, -0.25) is 9.59 Å². The van der Waals surface area contributed by atoms with Gasteiger partial charge in [-0.05, 0) is 18.1 Å². The maximum absolute atomic E-state index is 13.2. The maximum Gasteiger partial charge on any atom is 0.264 e. The summed E-state index contributed by atoms with van der Waals surface area (Å²) in [5.41, 5.74) is 0.762. The van der Waals surface area contributed by atoms with E-state index in [9.17, 15) is 19.8 Å². The molecule has 2 aliphatic heterocycles. The Morgan fingerprint density at radius 2 is 2.00 bits per heavy atom. The monoisotopic (exact) mass is 356 g/mol. The Labute approximate surface area is 143 Å². The van der Waals surface area contributed by atoms with Crippen LogP contribution in [0.25, 0.3) is 0 Å². The Morgan fingerprint density at radius 1 is 1.30 bits per heavy atom. The molecule has 2 fully saturated rings. The summed E-state index contributed by atoms with van der Waals surface area (Å²) in [5, 5.41) is 20.1. The third-order valence-electron chi connectivity index (χ3n) is 5.11. The molecule has 0 spiro atoms. The van der Waals surface area contributed by atoms with E-state index >= 15 is 0 Å². The zero-order valence-corrected chi connectivity index (χ0v) is 14.9. The number of thioether (sulfide) groups is 2. The predicted octanol–water partition coefficient (Wildman–Crippen LogP) is -0.115. The number of amides is 2. The molecule has 2 N–H and O–H groups in total. The Bertz CT molecular complexity index is 617. The molecule has 0 radical (unpaired) electrons. The normalized spacial score (nSPS) is 39.4. The van der Waals surface area contributed by atoms with E-state index in [4.69, 9.17) is 0 Å². The quantitative estimate of drug-likeness (QED) is 0.734. The topological polar surface area (TPSA) is 81.1 Å². The molecule has 1 aliphatic carbocycles. The molecule has 126 valence electrons. The summed E-state index contributed by atoms with van der Waals surface area (Å²) < 4.78 is 0. The van der Waals surface area contributed by atoms with E-state index in [0.717, 1.165) is 17.3 Å². The number of hydrogen-bond acceptors (Lipinski definition) is 6. The van der Waals surface area contributed by atoms with Crippen LogP contribution in [0.15, 0.2) is 23.8 Å². The second-order valence-electron chi connectivity index (χ2n) is 5.88. The molecule has 3 rings (SSSR count). The molecule has 4 unspecified atom stereocenters. The van der Waals surface area contributed by atoms with Crippen molar-refractivity contribution in [2.75, 3.05) is 32.7 Å². The standard InChI is InChI=1S/C15H20N2O4S2/c1-16-13(21)15(23-3)10-5-4-6-11(19)9(10)7-17(15)12(20)14(16,8-18)22-2/h4-6,9,11,18-19H,7-8H2,1-3H3. The lowest BCUT2D eigenvalue weighted by Gasteiger charge is -2.52. The zero-order valence-electron chi connectivity index (χ0n) is 13.2. The van der Waals surface area contributed by atoms with Gasteiger partial charge in [0.1, 0.15) is 0 Å². The summed E-state index contributed by atoms with van der Waals surface area (Å²) >= 11 is 2.46. The fourth-order valence-electron chi connectivity index (χ4n) is 3.75. The SMILES string of the molecule is CSC1(CO)C(=O)N2CC3C(=CC=CC3O)C2(SC)C(=O)N1C. The second-order valence-corrected chi connectivity index (χ2v) is 7.96. The highest BCUT2D eigenvalue weighted by Gasteiger charge is 2.67. The van der Waals surface area contributed by atoms with Crippen molar-refractivity contribution in [3.63, 3.8) is 0 Å². The van der Waals surface area contributed by atoms with Crippen molar-refractivity contribution in [2.45, 2.75) is 15.8 Å². The molecule has 0 aromatic rings. The summed E-state index contributed by atoms with van der Waals surface area (Å²) in [6, 6.07) is 0. The number of rotatable bonds is 3. The highest BCUT2D eigenvalue weighted by atomic mass is 32.2. The molecule has 3 aliphatic rings. The van der Waals surface area contributed by atoms with E-state index in [1.165, 1.54) is 16.7 Å². The van der Waals surface area contributed by atoms with Gasteiger partial charge in [-0.15, -0.1) is 23.5 Å². The molecule has 6 nitrogen and oxygen atoms in total. The van der Waals surface area contributed by atoms with Gasteiger partial charge in [-0.25, -0.2) is 0 Å². The lowest BCUT2D eigenvalue weighted by molar-refractivity contribution is -0.162. The van der Waals surface area contributed by atoms with Crippen LogP contribution in [0.5, 0.6) is 0 Å². The summed E-state index contributed by atoms with van der Waals surface area (Å²) in [6.45, 7) is -0.167. The first kappa shape index (κ1) is 16.9. The molecule has 8 heteroatoms. The lowest BCUT2D eigenvalue weighted by Crippen LogP contribution is -2.73. The van der Waals surface area contributed by atoms with Crippen LogP contribution in [0.3, 0.4) is 0 Å². The van der Waals surface area contributed by atoms with Gasteiger partial charge in [-0.2, -0.15) is 0 Å². The van der Waals surface area contributed by atoms with Crippen LogP contribution in [-0.2, 0) is 9.59 Å². The third-order valence-corrected chi connectivity index (χ3v) is 7.58. The Morgan fingerprint density at radius 3 is 2.57 bits per heavy atom. The molecule has 2 amide bonds.